The molecule has 0 radical (unpaired) electrons. The van der Waals surface area contributed by atoms with Crippen molar-refractivity contribution >= 4 is 0 Å². The van der Waals surface area contributed by atoms with E-state index in [9.17, 15) is 0 Å². The molecule has 0 spiro atoms. The summed E-state index contributed by atoms with van der Waals surface area (Å²) >= 11 is 0. The average Bonchev–Trinajstić information content (AvgIpc) is 1.90. The van der Waals surface area contributed by atoms with Crippen LogP contribution in [-0.4, -0.2) is 0 Å². The molecule has 0 fully saturated rings. The highest BCUT2D eigenvalue weighted by atomic mass is 14.1. The van der Waals surface area contributed by atoms with E-state index in [4.69, 9.17) is 0 Å². The Morgan fingerprint density at radius 1 is 1.75 bits per heavy atom. The Hall–Kier alpha value is -0.480. The third-order valence-corrected chi connectivity index (χ3v) is 1.66. The van der Waals surface area contributed by atoms with Gasteiger partial charge in [0, 0.05) is 0 Å². The molecule has 1 aliphatic rings. The van der Waals surface area contributed by atoms with Crippen molar-refractivity contribution in [2.24, 2.45) is 5.92 Å². The Morgan fingerprint density at radius 2 is 2.62 bits per heavy atom. The molecule has 0 aromatic rings. The molecule has 0 heteroatoms. The van der Waals surface area contributed by atoms with Gasteiger partial charge in [-0.25, -0.2) is 0 Å². The molecule has 44 valence electrons. The molecule has 0 aromatic carbocycles. The first kappa shape index (κ1) is 5.65. The summed E-state index contributed by atoms with van der Waals surface area (Å²) in [6, 6.07) is 0. The molecule has 1 aliphatic carbocycles. The van der Waals surface area contributed by atoms with Crippen molar-refractivity contribution in [3.05, 3.63) is 17.9 Å². The molecule has 1 unspecified atom stereocenters. The van der Waals surface area contributed by atoms with E-state index in [-0.39, 0.29) is 0 Å². The lowest BCUT2D eigenvalue weighted by Gasteiger charge is -2.07. The lowest BCUT2D eigenvalue weighted by molar-refractivity contribution is 0.571. The Labute approximate surface area is 50.9 Å². The minimum atomic E-state index is 0.819. The van der Waals surface area contributed by atoms with E-state index < -0.39 is 0 Å². The summed E-state index contributed by atoms with van der Waals surface area (Å²) in [5.74, 6) is 0.819. The van der Waals surface area contributed by atoms with E-state index >= 15 is 0 Å². The second-order valence-electron chi connectivity index (χ2n) is 2.28. The van der Waals surface area contributed by atoms with Crippen molar-refractivity contribution in [1.82, 2.24) is 0 Å². The predicted molar refractivity (Wildman–Crippen MR) is 35.7 cm³/mol. The van der Waals surface area contributed by atoms with Gasteiger partial charge in [0.25, 0.3) is 0 Å². The van der Waals surface area contributed by atoms with E-state index in [2.05, 4.69) is 24.8 Å². The van der Waals surface area contributed by atoms with E-state index in [1.54, 1.807) is 0 Å². The third kappa shape index (κ3) is 1.24. The maximum atomic E-state index is 3.14. The van der Waals surface area contributed by atoms with Gasteiger partial charge in [0.15, 0.2) is 0 Å². The molecule has 0 nitrogen and oxygen atoms in total. The molecule has 0 aliphatic heterocycles. The van der Waals surface area contributed by atoms with E-state index in [1.807, 2.05) is 0 Å². The summed E-state index contributed by atoms with van der Waals surface area (Å²) in [5.41, 5.74) is 3.14. The first-order chi connectivity index (χ1) is 3.93. The molecule has 0 saturated carbocycles. The van der Waals surface area contributed by atoms with Crippen LogP contribution in [0.1, 0.15) is 26.2 Å². The van der Waals surface area contributed by atoms with Gasteiger partial charge in [0.05, 0.1) is 0 Å². The van der Waals surface area contributed by atoms with Crippen molar-refractivity contribution in [3.8, 4) is 0 Å². The standard InChI is InChI=1S/C8H12/c1-2-8-6-4-3-5-7-8/h3,7-8H,2,4,6H2,1H3. The summed E-state index contributed by atoms with van der Waals surface area (Å²) in [6.07, 6.45) is 8.15. The molecule has 8 heavy (non-hydrogen) atoms. The van der Waals surface area contributed by atoms with Gasteiger partial charge in [-0.05, 0) is 37.3 Å². The Morgan fingerprint density at radius 3 is 3.00 bits per heavy atom. The highest BCUT2D eigenvalue weighted by Crippen LogP contribution is 2.14. The van der Waals surface area contributed by atoms with Crippen LogP contribution in [0.2, 0.25) is 0 Å². The zero-order valence-electron chi connectivity index (χ0n) is 5.35. The lowest BCUT2D eigenvalue weighted by atomic mass is 9.97. The van der Waals surface area contributed by atoms with E-state index in [0.717, 1.165) is 5.92 Å². The molecule has 0 N–H and O–H groups in total. The first-order valence-corrected chi connectivity index (χ1v) is 3.34. The summed E-state index contributed by atoms with van der Waals surface area (Å²) in [5, 5.41) is 0. The van der Waals surface area contributed by atoms with Crippen LogP contribution in [0, 0.1) is 5.92 Å². The van der Waals surface area contributed by atoms with Crippen molar-refractivity contribution < 1.29 is 0 Å². The van der Waals surface area contributed by atoms with E-state index in [1.165, 1.54) is 19.3 Å². The van der Waals surface area contributed by atoms with Crippen LogP contribution < -0.4 is 0 Å². The fourth-order valence-corrected chi connectivity index (χ4v) is 0.990. The Kier molecular flexibility index (Phi) is 1.93. The van der Waals surface area contributed by atoms with Crippen LogP contribution in [-0.2, 0) is 0 Å². The van der Waals surface area contributed by atoms with Gasteiger partial charge >= 0.3 is 0 Å². The second kappa shape index (κ2) is 2.74. The van der Waals surface area contributed by atoms with Crippen LogP contribution in [0.15, 0.2) is 17.9 Å². The maximum absolute atomic E-state index is 3.14. The van der Waals surface area contributed by atoms with Crippen molar-refractivity contribution in [2.75, 3.05) is 0 Å². The van der Waals surface area contributed by atoms with Gasteiger partial charge in [-0.1, -0.05) is 6.92 Å². The number of hydrogen-bond acceptors (Lipinski definition) is 0. The first-order valence-electron chi connectivity index (χ1n) is 3.34. The van der Waals surface area contributed by atoms with Crippen LogP contribution >= 0.6 is 0 Å². The van der Waals surface area contributed by atoms with Crippen LogP contribution in [0.25, 0.3) is 0 Å². The summed E-state index contributed by atoms with van der Waals surface area (Å²) in [7, 11) is 0. The van der Waals surface area contributed by atoms with Crippen LogP contribution in [0.3, 0.4) is 0 Å². The Balaban J connectivity index is 2.47. The minimum absolute atomic E-state index is 0.819. The highest BCUT2D eigenvalue weighted by molar-refractivity contribution is 4.94. The number of hydrogen-bond donors (Lipinski definition) is 0. The minimum Gasteiger partial charge on any atom is -0.129 e. The van der Waals surface area contributed by atoms with Crippen molar-refractivity contribution in [2.45, 2.75) is 26.2 Å². The molecule has 0 aromatic heterocycles. The van der Waals surface area contributed by atoms with Gasteiger partial charge in [0.1, 0.15) is 0 Å². The lowest BCUT2D eigenvalue weighted by Crippen LogP contribution is -1.94. The molecule has 0 amide bonds. The molecule has 0 bridgehead atoms. The predicted octanol–water partition coefficient (Wildman–Crippen LogP) is 2.52. The molecular formula is C8H12. The normalized spacial score (nSPS) is 26.4. The molecule has 0 heterocycles. The fourth-order valence-electron chi connectivity index (χ4n) is 0.990. The maximum Gasteiger partial charge on any atom is -0.0157 e. The van der Waals surface area contributed by atoms with Gasteiger partial charge in [-0.15, -0.1) is 5.73 Å². The SMILES string of the molecule is CCC1C=C=CCC1. The van der Waals surface area contributed by atoms with Gasteiger partial charge in [-0.3, -0.25) is 0 Å². The average molecular weight is 108 g/mol. The topological polar surface area (TPSA) is 0 Å². The largest absolute Gasteiger partial charge is 0.129 e. The van der Waals surface area contributed by atoms with Gasteiger partial charge in [-0.2, -0.15) is 0 Å². The zero-order valence-corrected chi connectivity index (χ0v) is 5.35. The zero-order chi connectivity index (χ0) is 5.82. The fraction of sp³-hybridized carbons (Fsp3) is 0.625. The summed E-state index contributed by atoms with van der Waals surface area (Å²) in [6.45, 7) is 2.23. The second-order valence-corrected chi connectivity index (χ2v) is 2.28. The molecular weight excluding hydrogens is 96.1 g/mol. The highest BCUT2D eigenvalue weighted by Gasteiger charge is 2.00. The summed E-state index contributed by atoms with van der Waals surface area (Å²) in [4.78, 5) is 0. The Bertz CT molecular complexity index is 116. The monoisotopic (exact) mass is 108 g/mol. The van der Waals surface area contributed by atoms with Crippen LogP contribution in [0.4, 0.5) is 0 Å². The van der Waals surface area contributed by atoms with Gasteiger partial charge < -0.3 is 0 Å². The van der Waals surface area contributed by atoms with Gasteiger partial charge in [0.2, 0.25) is 0 Å². The smallest absolute Gasteiger partial charge is 0.0157 e. The third-order valence-electron chi connectivity index (χ3n) is 1.66. The van der Waals surface area contributed by atoms with Crippen molar-refractivity contribution in [3.63, 3.8) is 0 Å². The van der Waals surface area contributed by atoms with E-state index in [0.29, 0.717) is 0 Å². The number of allylic oxidation sites excluding steroid dienone is 1. The molecule has 1 atom stereocenters. The summed E-state index contributed by atoms with van der Waals surface area (Å²) < 4.78 is 0. The van der Waals surface area contributed by atoms with Crippen LogP contribution in [0.5, 0.6) is 0 Å². The quantitative estimate of drug-likeness (QED) is 0.453. The molecule has 0 saturated heterocycles. The molecule has 1 rings (SSSR count). The van der Waals surface area contributed by atoms with Crippen molar-refractivity contribution in [1.29, 1.82) is 0 Å². The number of rotatable bonds is 1.